The van der Waals surface area contributed by atoms with E-state index >= 15 is 0 Å². The van der Waals surface area contributed by atoms with E-state index in [1.807, 2.05) is 6.07 Å². The van der Waals surface area contributed by atoms with Gasteiger partial charge in [0.05, 0.1) is 5.69 Å². The molecular formula is C13H18N4O2. The number of carbonyl (C=O) groups excluding carboxylic acids is 1. The van der Waals surface area contributed by atoms with E-state index in [0.29, 0.717) is 19.0 Å². The summed E-state index contributed by atoms with van der Waals surface area (Å²) in [6, 6.07) is 1.59. The van der Waals surface area contributed by atoms with Gasteiger partial charge in [-0.25, -0.2) is 9.89 Å². The molecule has 6 heteroatoms. The maximum Gasteiger partial charge on any atom is 0.314 e. The molecule has 1 saturated heterocycles. The number of likely N-dealkylation sites (tertiary alicyclic amines) is 1. The first-order valence-electron chi connectivity index (χ1n) is 6.79. The standard InChI is InChI=1S/C13H18N4O2/c14-13(19)17-5-3-8(4-6-17)10-7-11(9-1-2-9)15-16-12(10)18/h7-9H,1-6H2,(H2,14,19)(H,16,18). The van der Waals surface area contributed by atoms with Gasteiger partial charge in [-0.1, -0.05) is 0 Å². The molecule has 1 aromatic rings. The molecule has 0 radical (unpaired) electrons. The molecule has 2 fully saturated rings. The Morgan fingerprint density at radius 3 is 2.53 bits per heavy atom. The molecule has 1 aromatic heterocycles. The van der Waals surface area contributed by atoms with Crippen molar-refractivity contribution in [3.63, 3.8) is 0 Å². The first-order valence-corrected chi connectivity index (χ1v) is 6.79. The SMILES string of the molecule is NC(=O)N1CCC(c2cc(C3CC3)n[nH]c2=O)CC1. The molecule has 2 aliphatic rings. The minimum atomic E-state index is -0.374. The van der Waals surface area contributed by atoms with Crippen LogP contribution in [0, 0.1) is 0 Å². The third-order valence-electron chi connectivity index (χ3n) is 4.09. The number of urea groups is 1. The number of hydrogen-bond donors (Lipinski definition) is 2. The molecule has 2 heterocycles. The molecule has 102 valence electrons. The van der Waals surface area contributed by atoms with Crippen molar-refractivity contribution < 1.29 is 4.79 Å². The van der Waals surface area contributed by atoms with Crippen molar-refractivity contribution in [2.24, 2.45) is 5.73 Å². The monoisotopic (exact) mass is 262 g/mol. The number of nitrogens with zero attached hydrogens (tertiary/aromatic N) is 2. The smallest absolute Gasteiger partial charge is 0.314 e. The van der Waals surface area contributed by atoms with Crippen molar-refractivity contribution in [1.29, 1.82) is 0 Å². The van der Waals surface area contributed by atoms with Crippen LogP contribution in [0.1, 0.15) is 48.8 Å². The van der Waals surface area contributed by atoms with E-state index < -0.39 is 0 Å². The number of amides is 2. The topological polar surface area (TPSA) is 92.1 Å². The third kappa shape index (κ3) is 2.47. The quantitative estimate of drug-likeness (QED) is 0.829. The first kappa shape index (κ1) is 12.2. The second-order valence-electron chi connectivity index (χ2n) is 5.45. The van der Waals surface area contributed by atoms with E-state index in [2.05, 4.69) is 10.2 Å². The van der Waals surface area contributed by atoms with Crippen LogP contribution in [0.2, 0.25) is 0 Å². The number of nitrogens with one attached hydrogen (secondary N) is 1. The van der Waals surface area contributed by atoms with Crippen LogP contribution < -0.4 is 11.3 Å². The minimum Gasteiger partial charge on any atom is -0.351 e. The van der Waals surface area contributed by atoms with Gasteiger partial charge in [-0.3, -0.25) is 4.79 Å². The van der Waals surface area contributed by atoms with Gasteiger partial charge in [0.2, 0.25) is 0 Å². The van der Waals surface area contributed by atoms with Gasteiger partial charge >= 0.3 is 6.03 Å². The zero-order valence-corrected chi connectivity index (χ0v) is 10.8. The number of aromatic amines is 1. The maximum absolute atomic E-state index is 11.9. The van der Waals surface area contributed by atoms with Crippen molar-refractivity contribution >= 4 is 6.03 Å². The first-order chi connectivity index (χ1) is 9.15. The summed E-state index contributed by atoms with van der Waals surface area (Å²) in [5.74, 6) is 0.737. The lowest BCUT2D eigenvalue weighted by atomic mass is 9.90. The van der Waals surface area contributed by atoms with Crippen LogP contribution in [-0.2, 0) is 0 Å². The average molecular weight is 262 g/mol. The molecule has 19 heavy (non-hydrogen) atoms. The van der Waals surface area contributed by atoms with E-state index in [-0.39, 0.29) is 17.5 Å². The molecule has 1 aliphatic carbocycles. The lowest BCUT2D eigenvalue weighted by Gasteiger charge is -2.30. The van der Waals surface area contributed by atoms with E-state index in [1.54, 1.807) is 4.90 Å². The second kappa shape index (κ2) is 4.68. The molecule has 2 amide bonds. The Morgan fingerprint density at radius 2 is 1.95 bits per heavy atom. The maximum atomic E-state index is 11.9. The summed E-state index contributed by atoms with van der Waals surface area (Å²) in [7, 11) is 0. The number of aromatic nitrogens is 2. The molecule has 0 spiro atoms. The van der Waals surface area contributed by atoms with Gasteiger partial charge in [0, 0.05) is 24.6 Å². The lowest BCUT2D eigenvalue weighted by Crippen LogP contribution is -2.41. The Kier molecular flexibility index (Phi) is 3.00. The van der Waals surface area contributed by atoms with E-state index in [1.165, 1.54) is 12.8 Å². The summed E-state index contributed by atoms with van der Waals surface area (Å²) in [4.78, 5) is 24.6. The summed E-state index contributed by atoms with van der Waals surface area (Å²) in [6.07, 6.45) is 3.91. The van der Waals surface area contributed by atoms with Crippen LogP contribution in [0.5, 0.6) is 0 Å². The zero-order chi connectivity index (χ0) is 13.4. The largest absolute Gasteiger partial charge is 0.351 e. The highest BCUT2D eigenvalue weighted by Crippen LogP contribution is 2.39. The Labute approximate surface area is 111 Å². The van der Waals surface area contributed by atoms with Crippen molar-refractivity contribution in [2.75, 3.05) is 13.1 Å². The number of carbonyl (C=O) groups is 1. The molecule has 3 N–H and O–H groups in total. The summed E-state index contributed by atoms with van der Waals surface area (Å²) in [5.41, 5.74) is 6.99. The van der Waals surface area contributed by atoms with Crippen molar-refractivity contribution in [3.8, 4) is 0 Å². The Hall–Kier alpha value is -1.85. The van der Waals surface area contributed by atoms with Crippen LogP contribution in [0.3, 0.4) is 0 Å². The van der Waals surface area contributed by atoms with Gasteiger partial charge in [-0.05, 0) is 37.7 Å². The summed E-state index contributed by atoms with van der Waals surface area (Å²) in [5, 5.41) is 6.73. The predicted octanol–water partition coefficient (Wildman–Crippen LogP) is 0.905. The Bertz CT molecular complexity index is 542. The van der Waals surface area contributed by atoms with Crippen LogP contribution in [-0.4, -0.2) is 34.2 Å². The molecule has 1 aliphatic heterocycles. The molecule has 1 saturated carbocycles. The Morgan fingerprint density at radius 1 is 1.26 bits per heavy atom. The van der Waals surface area contributed by atoms with Gasteiger partial charge in [0.15, 0.2) is 0 Å². The molecular weight excluding hydrogens is 244 g/mol. The van der Waals surface area contributed by atoms with E-state index in [0.717, 1.165) is 24.1 Å². The fraction of sp³-hybridized carbons (Fsp3) is 0.615. The predicted molar refractivity (Wildman–Crippen MR) is 70.0 cm³/mol. The molecule has 0 unspecified atom stereocenters. The second-order valence-corrected chi connectivity index (χ2v) is 5.45. The van der Waals surface area contributed by atoms with E-state index in [9.17, 15) is 9.59 Å². The summed E-state index contributed by atoms with van der Waals surface area (Å²) < 4.78 is 0. The number of piperidine rings is 1. The van der Waals surface area contributed by atoms with Crippen molar-refractivity contribution in [3.05, 3.63) is 27.7 Å². The highest BCUT2D eigenvalue weighted by atomic mass is 16.2. The summed E-state index contributed by atoms with van der Waals surface area (Å²) >= 11 is 0. The highest BCUT2D eigenvalue weighted by molar-refractivity contribution is 5.72. The van der Waals surface area contributed by atoms with Crippen molar-refractivity contribution in [1.82, 2.24) is 15.1 Å². The Balaban J connectivity index is 1.77. The number of nitrogens with two attached hydrogens (primary N) is 1. The molecule has 0 bridgehead atoms. The lowest BCUT2D eigenvalue weighted by molar-refractivity contribution is 0.190. The van der Waals surface area contributed by atoms with Gasteiger partial charge in [-0.15, -0.1) is 0 Å². The fourth-order valence-corrected chi connectivity index (χ4v) is 2.74. The molecule has 0 atom stereocenters. The number of hydrogen-bond acceptors (Lipinski definition) is 3. The van der Waals surface area contributed by atoms with Crippen LogP contribution in [0.15, 0.2) is 10.9 Å². The van der Waals surface area contributed by atoms with Gasteiger partial charge < -0.3 is 10.6 Å². The van der Waals surface area contributed by atoms with Gasteiger partial charge in [0.1, 0.15) is 0 Å². The van der Waals surface area contributed by atoms with Gasteiger partial charge in [-0.2, -0.15) is 5.10 Å². The number of primary amides is 1. The van der Waals surface area contributed by atoms with Gasteiger partial charge in [0.25, 0.3) is 5.56 Å². The third-order valence-corrected chi connectivity index (χ3v) is 4.09. The molecule has 3 rings (SSSR count). The average Bonchev–Trinajstić information content (AvgIpc) is 3.24. The van der Waals surface area contributed by atoms with Crippen LogP contribution in [0.25, 0.3) is 0 Å². The summed E-state index contributed by atoms with van der Waals surface area (Å²) in [6.45, 7) is 1.25. The molecule has 0 aromatic carbocycles. The number of H-pyrrole nitrogens is 1. The van der Waals surface area contributed by atoms with Crippen LogP contribution >= 0.6 is 0 Å². The fourth-order valence-electron chi connectivity index (χ4n) is 2.74. The van der Waals surface area contributed by atoms with E-state index in [4.69, 9.17) is 5.73 Å². The number of rotatable bonds is 2. The molecule has 6 nitrogen and oxygen atoms in total. The highest BCUT2D eigenvalue weighted by Gasteiger charge is 2.29. The van der Waals surface area contributed by atoms with Crippen LogP contribution in [0.4, 0.5) is 4.79 Å². The zero-order valence-electron chi connectivity index (χ0n) is 10.8. The normalized spacial score (nSPS) is 20.5. The minimum absolute atomic E-state index is 0.0954. The van der Waals surface area contributed by atoms with Crippen molar-refractivity contribution in [2.45, 2.75) is 37.5 Å².